The molecule has 1 aromatic carbocycles. The fraction of sp³-hybridized carbons (Fsp3) is 0.389. The van der Waals surface area contributed by atoms with Crippen LogP contribution in [0, 0.1) is 5.92 Å². The number of hydrogen-bond acceptors (Lipinski definition) is 3. The third-order valence-corrected chi connectivity index (χ3v) is 4.63. The normalized spacial score (nSPS) is 14.3. The van der Waals surface area contributed by atoms with E-state index in [9.17, 15) is 9.59 Å². The number of aromatic nitrogens is 4. The van der Waals surface area contributed by atoms with Crippen molar-refractivity contribution in [1.29, 1.82) is 0 Å². The molecular formula is C18H20N4O2. The van der Waals surface area contributed by atoms with Crippen LogP contribution in [-0.2, 0) is 19.6 Å². The molecule has 2 aromatic heterocycles. The van der Waals surface area contributed by atoms with Crippen LogP contribution in [0.1, 0.15) is 19.3 Å². The molecule has 0 N–H and O–H groups in total. The Morgan fingerprint density at radius 1 is 1.08 bits per heavy atom. The highest BCUT2D eigenvalue weighted by atomic mass is 16.2. The van der Waals surface area contributed by atoms with E-state index in [1.165, 1.54) is 4.57 Å². The van der Waals surface area contributed by atoms with Crippen LogP contribution in [0.15, 0.2) is 52.6 Å². The number of aryl methyl sites for hydroxylation is 2. The van der Waals surface area contributed by atoms with Crippen LogP contribution in [0.25, 0.3) is 10.9 Å². The van der Waals surface area contributed by atoms with Gasteiger partial charge in [0.2, 0.25) is 0 Å². The first-order valence-electron chi connectivity index (χ1n) is 8.42. The van der Waals surface area contributed by atoms with Crippen molar-refractivity contribution in [3.63, 3.8) is 0 Å². The minimum Gasteiger partial charge on any atom is -0.337 e. The summed E-state index contributed by atoms with van der Waals surface area (Å²) in [5, 5.41) is 0.625. The number of para-hydroxylation sites is 1. The van der Waals surface area contributed by atoms with Gasteiger partial charge in [0.05, 0.1) is 17.2 Å². The largest absolute Gasteiger partial charge is 0.337 e. The van der Waals surface area contributed by atoms with E-state index in [0.717, 1.165) is 31.3 Å². The lowest BCUT2D eigenvalue weighted by Crippen LogP contribution is -2.40. The topological polar surface area (TPSA) is 61.8 Å². The van der Waals surface area contributed by atoms with Crippen LogP contribution in [0.5, 0.6) is 0 Å². The second-order valence-corrected chi connectivity index (χ2v) is 6.46. The Morgan fingerprint density at radius 3 is 2.67 bits per heavy atom. The Morgan fingerprint density at radius 2 is 1.92 bits per heavy atom. The number of nitrogens with zero attached hydrogens (tertiary/aromatic N) is 4. The first-order valence-corrected chi connectivity index (χ1v) is 8.42. The Labute approximate surface area is 139 Å². The quantitative estimate of drug-likeness (QED) is 0.695. The lowest BCUT2D eigenvalue weighted by atomic mass is 10.2. The zero-order chi connectivity index (χ0) is 16.5. The van der Waals surface area contributed by atoms with Crippen molar-refractivity contribution in [3.05, 3.63) is 63.8 Å². The highest BCUT2D eigenvalue weighted by molar-refractivity contribution is 5.77. The Kier molecular flexibility index (Phi) is 3.80. The maximum absolute atomic E-state index is 12.9. The minimum atomic E-state index is -0.184. The molecule has 6 heteroatoms. The average molecular weight is 324 g/mol. The molecule has 24 heavy (non-hydrogen) atoms. The van der Waals surface area contributed by atoms with E-state index in [0.29, 0.717) is 24.4 Å². The molecule has 0 saturated heterocycles. The number of hydrogen-bond donors (Lipinski definition) is 0. The summed E-state index contributed by atoms with van der Waals surface area (Å²) < 4.78 is 5.17. The van der Waals surface area contributed by atoms with Crippen LogP contribution < -0.4 is 11.2 Å². The van der Waals surface area contributed by atoms with Gasteiger partial charge < -0.3 is 4.57 Å². The summed E-state index contributed by atoms with van der Waals surface area (Å²) in [7, 11) is 0. The van der Waals surface area contributed by atoms with E-state index in [-0.39, 0.29) is 11.2 Å². The van der Waals surface area contributed by atoms with Gasteiger partial charge in [0.15, 0.2) is 0 Å². The smallest absolute Gasteiger partial charge is 0.331 e. The molecule has 0 amide bonds. The van der Waals surface area contributed by atoms with E-state index < -0.39 is 0 Å². The first-order chi connectivity index (χ1) is 11.7. The molecule has 0 aliphatic heterocycles. The summed E-state index contributed by atoms with van der Waals surface area (Å²) in [6.07, 6.45) is 8.46. The van der Waals surface area contributed by atoms with E-state index in [4.69, 9.17) is 0 Å². The van der Waals surface area contributed by atoms with E-state index in [2.05, 4.69) is 4.98 Å². The van der Waals surface area contributed by atoms with Crippen LogP contribution in [0.2, 0.25) is 0 Å². The van der Waals surface area contributed by atoms with Crippen molar-refractivity contribution in [3.8, 4) is 0 Å². The van der Waals surface area contributed by atoms with Crippen molar-refractivity contribution >= 4 is 10.9 Å². The molecule has 6 nitrogen and oxygen atoms in total. The molecule has 1 saturated carbocycles. The van der Waals surface area contributed by atoms with Gasteiger partial charge in [-0.2, -0.15) is 0 Å². The fourth-order valence-electron chi connectivity index (χ4n) is 3.14. The maximum atomic E-state index is 12.9. The molecule has 3 aromatic rings. The van der Waals surface area contributed by atoms with Gasteiger partial charge in [-0.15, -0.1) is 0 Å². The van der Waals surface area contributed by atoms with Gasteiger partial charge in [-0.3, -0.25) is 13.9 Å². The van der Waals surface area contributed by atoms with Crippen LogP contribution in [0.4, 0.5) is 0 Å². The zero-order valence-electron chi connectivity index (χ0n) is 13.5. The number of imidazole rings is 1. The molecule has 1 fully saturated rings. The third kappa shape index (κ3) is 2.79. The Hall–Kier alpha value is -2.63. The molecular weight excluding hydrogens is 304 g/mol. The highest BCUT2D eigenvalue weighted by Crippen LogP contribution is 2.29. The minimum absolute atomic E-state index is 0.159. The first kappa shape index (κ1) is 14.9. The highest BCUT2D eigenvalue weighted by Gasteiger charge is 2.24. The van der Waals surface area contributed by atoms with E-state index in [1.807, 2.05) is 35.0 Å². The number of fused-ring (bicyclic) bond motifs is 1. The summed E-state index contributed by atoms with van der Waals surface area (Å²) in [4.78, 5) is 29.6. The monoisotopic (exact) mass is 324 g/mol. The zero-order valence-corrected chi connectivity index (χ0v) is 13.5. The van der Waals surface area contributed by atoms with Crippen molar-refractivity contribution in [1.82, 2.24) is 18.7 Å². The van der Waals surface area contributed by atoms with Gasteiger partial charge in [-0.25, -0.2) is 9.78 Å². The second-order valence-electron chi connectivity index (χ2n) is 6.46. The van der Waals surface area contributed by atoms with Crippen molar-refractivity contribution in [2.75, 3.05) is 0 Å². The predicted octanol–water partition coefficient (Wildman–Crippen LogP) is 1.86. The molecule has 0 unspecified atom stereocenters. The lowest BCUT2D eigenvalue weighted by Gasteiger charge is -2.14. The summed E-state index contributed by atoms with van der Waals surface area (Å²) >= 11 is 0. The molecule has 1 aliphatic carbocycles. The van der Waals surface area contributed by atoms with Crippen molar-refractivity contribution in [2.24, 2.45) is 5.92 Å². The molecule has 0 spiro atoms. The van der Waals surface area contributed by atoms with Crippen LogP contribution in [-0.4, -0.2) is 18.7 Å². The lowest BCUT2D eigenvalue weighted by molar-refractivity contribution is 0.509. The van der Waals surface area contributed by atoms with Gasteiger partial charge in [0.25, 0.3) is 5.56 Å². The molecule has 4 rings (SSSR count). The second kappa shape index (κ2) is 6.11. The standard InChI is InChI=1S/C18H20N4O2/c23-17-15-4-1-2-5-16(15)21(10-3-9-20-11-8-19-13-20)18(24)22(17)12-14-6-7-14/h1-2,4-5,8,11,13-14H,3,6-7,9-10,12H2. The molecule has 1 aliphatic rings. The third-order valence-electron chi connectivity index (χ3n) is 4.63. The molecule has 124 valence electrons. The average Bonchev–Trinajstić information content (AvgIpc) is 3.27. The van der Waals surface area contributed by atoms with Gasteiger partial charge in [0, 0.05) is 32.0 Å². The van der Waals surface area contributed by atoms with Crippen LogP contribution in [0.3, 0.4) is 0 Å². The molecule has 2 heterocycles. The maximum Gasteiger partial charge on any atom is 0.331 e. The molecule has 0 atom stereocenters. The summed E-state index contributed by atoms with van der Waals surface area (Å²) in [5.41, 5.74) is 0.384. The summed E-state index contributed by atoms with van der Waals surface area (Å²) in [6.45, 7) is 1.93. The molecule has 0 radical (unpaired) electrons. The summed E-state index contributed by atoms with van der Waals surface area (Å²) in [6, 6.07) is 7.40. The van der Waals surface area contributed by atoms with Crippen LogP contribution >= 0.6 is 0 Å². The predicted molar refractivity (Wildman–Crippen MR) is 92.0 cm³/mol. The Bertz CT molecular complexity index is 965. The van der Waals surface area contributed by atoms with Crippen molar-refractivity contribution < 1.29 is 0 Å². The fourth-order valence-corrected chi connectivity index (χ4v) is 3.14. The number of benzene rings is 1. The summed E-state index contributed by atoms with van der Waals surface area (Å²) in [5.74, 6) is 0.482. The van der Waals surface area contributed by atoms with Crippen molar-refractivity contribution in [2.45, 2.75) is 38.9 Å². The van der Waals surface area contributed by atoms with Gasteiger partial charge in [-0.1, -0.05) is 12.1 Å². The van der Waals surface area contributed by atoms with Gasteiger partial charge in [0.1, 0.15) is 0 Å². The Balaban J connectivity index is 1.71. The van der Waals surface area contributed by atoms with E-state index in [1.54, 1.807) is 17.1 Å². The number of rotatable bonds is 6. The van der Waals surface area contributed by atoms with Gasteiger partial charge in [-0.05, 0) is 37.3 Å². The van der Waals surface area contributed by atoms with E-state index >= 15 is 0 Å². The molecule has 0 bridgehead atoms. The SMILES string of the molecule is O=c1c2ccccc2n(CCCn2ccnc2)c(=O)n1CC1CC1. The van der Waals surface area contributed by atoms with Gasteiger partial charge >= 0.3 is 5.69 Å².